The minimum Gasteiger partial charge on any atom is -0.508 e. The fraction of sp³-hybridized carbons (Fsp3) is 0.250. The van der Waals surface area contributed by atoms with Crippen LogP contribution in [0.3, 0.4) is 0 Å². The number of Topliss-reactive ketones (excluding diaryl/α,β-unsaturated/α-hetero) is 2. The standard InChI is InChI=1S/C36H31N3O11/c1-14-15-10-11-22(38-34(47)39-35(48)50-13-20-18-8-4-2-6-16(18)17-7-3-5-9-19(17)20)29(42)25(15)30(43)27-24(14)28(41)21-12-23(40)26(33(37)46)31(44)36(21,49)32(27)45/h2-11,14,20-21,24,28,41-44,49H,12-13H2,1H3,(H2,37,46)(H2,38,39,47,48)/t14-,21+,24+,28+,36+/m0/s1. The number of benzene rings is 3. The summed E-state index contributed by atoms with van der Waals surface area (Å²) < 4.78 is 5.39. The lowest BCUT2D eigenvalue weighted by atomic mass is 9.55. The van der Waals surface area contributed by atoms with Crippen LogP contribution in [-0.2, 0) is 19.1 Å². The van der Waals surface area contributed by atoms with Crippen molar-refractivity contribution in [3.05, 3.63) is 99.8 Å². The molecule has 1 saturated carbocycles. The second-order valence-corrected chi connectivity index (χ2v) is 12.8. The number of amides is 4. The number of anilines is 1. The number of imide groups is 1. The Labute approximate surface area is 283 Å². The van der Waals surface area contributed by atoms with Crippen molar-refractivity contribution in [2.75, 3.05) is 11.9 Å². The van der Waals surface area contributed by atoms with Crippen LogP contribution < -0.4 is 16.4 Å². The number of primary amides is 1. The summed E-state index contributed by atoms with van der Waals surface area (Å²) >= 11 is 0. The quantitative estimate of drug-likeness (QED) is 0.147. The van der Waals surface area contributed by atoms with Crippen LogP contribution in [0, 0.1) is 11.8 Å². The van der Waals surface area contributed by atoms with Gasteiger partial charge >= 0.3 is 12.1 Å². The zero-order valence-corrected chi connectivity index (χ0v) is 26.3. The van der Waals surface area contributed by atoms with E-state index >= 15 is 0 Å². The molecule has 3 aromatic rings. The zero-order valence-electron chi connectivity index (χ0n) is 26.3. The summed E-state index contributed by atoms with van der Waals surface area (Å²) in [5.74, 6) is -10.4. The number of ether oxygens (including phenoxy) is 1. The molecule has 0 bridgehead atoms. The molecule has 0 aromatic heterocycles. The van der Waals surface area contributed by atoms with E-state index in [1.807, 2.05) is 53.8 Å². The van der Waals surface area contributed by atoms with Gasteiger partial charge in [0.1, 0.15) is 29.4 Å². The van der Waals surface area contributed by atoms with Crippen LogP contribution in [0.2, 0.25) is 0 Å². The second kappa shape index (κ2) is 11.6. The highest BCUT2D eigenvalue weighted by molar-refractivity contribution is 6.23. The summed E-state index contributed by atoms with van der Waals surface area (Å²) in [4.78, 5) is 63.8. The first kappa shape index (κ1) is 32.6. The van der Waals surface area contributed by atoms with Crippen molar-refractivity contribution in [2.24, 2.45) is 17.6 Å². The highest BCUT2D eigenvalue weighted by atomic mass is 16.5. The Bertz CT molecular complexity index is 2080. The number of phenols is 1. The Morgan fingerprint density at radius 1 is 0.940 bits per heavy atom. The number of ketones is 2. The molecule has 1 fully saturated rings. The SMILES string of the molecule is C[C@H]1c2ccc(NC(=O)NC(=O)OCC3c4ccccc4-c4ccccc43)c(O)c2C(O)=C2C(=O)[C@]3(O)C(O)=C(C(N)=O)C(=O)C[C@@H]3[C@@H](O)[C@@H]21. The Balaban J connectivity index is 1.12. The molecular weight excluding hydrogens is 650 g/mol. The maximum atomic E-state index is 13.9. The first-order valence-electron chi connectivity index (χ1n) is 15.7. The molecule has 4 aliphatic carbocycles. The number of phenolic OH excluding ortho intramolecular Hbond substituents is 1. The number of aliphatic hydroxyl groups excluding tert-OH is 3. The molecule has 0 unspecified atom stereocenters. The van der Waals surface area contributed by atoms with E-state index < -0.39 is 93.9 Å². The lowest BCUT2D eigenvalue weighted by Crippen LogP contribution is -2.63. The van der Waals surface area contributed by atoms with E-state index in [0.29, 0.717) is 0 Å². The number of nitrogens with two attached hydrogens (primary N) is 1. The Hall–Kier alpha value is -5.99. The number of aliphatic hydroxyl groups is 4. The number of aromatic hydroxyl groups is 1. The molecule has 0 radical (unpaired) electrons. The average Bonchev–Trinajstić information content (AvgIpc) is 3.40. The maximum Gasteiger partial charge on any atom is 0.415 e. The summed E-state index contributed by atoms with van der Waals surface area (Å²) in [5.41, 5.74) is 4.28. The van der Waals surface area contributed by atoms with Crippen LogP contribution in [-0.4, -0.2) is 73.4 Å². The van der Waals surface area contributed by atoms with E-state index in [4.69, 9.17) is 10.5 Å². The van der Waals surface area contributed by atoms with Crippen LogP contribution in [0.15, 0.2) is 77.6 Å². The molecule has 14 nitrogen and oxygen atoms in total. The lowest BCUT2D eigenvalue weighted by Gasteiger charge is -2.50. The summed E-state index contributed by atoms with van der Waals surface area (Å²) in [6.07, 6.45) is -3.44. The number of fused-ring (bicyclic) bond motifs is 6. The molecule has 4 amide bonds. The number of carbonyl (C=O) groups excluding carboxylic acids is 5. The number of rotatable bonds is 4. The number of urea groups is 1. The smallest absolute Gasteiger partial charge is 0.415 e. The zero-order chi connectivity index (χ0) is 35.8. The largest absolute Gasteiger partial charge is 0.508 e. The topological polar surface area (TPSA) is 246 Å². The van der Waals surface area contributed by atoms with Gasteiger partial charge in [-0.25, -0.2) is 14.9 Å². The minimum absolute atomic E-state index is 0.0648. The molecule has 0 spiro atoms. The number of nitrogens with one attached hydrogen (secondary N) is 2. The summed E-state index contributed by atoms with van der Waals surface area (Å²) in [5, 5.41) is 60.6. The molecule has 50 heavy (non-hydrogen) atoms. The normalized spacial score (nSPS) is 25.2. The molecular formula is C36H31N3O11. The number of carbonyl (C=O) groups is 5. The van der Waals surface area contributed by atoms with Crippen molar-refractivity contribution in [3.63, 3.8) is 0 Å². The number of alkyl carbamates (subject to hydrolysis) is 1. The minimum atomic E-state index is -2.98. The van der Waals surface area contributed by atoms with E-state index in [9.17, 15) is 49.5 Å². The van der Waals surface area contributed by atoms with E-state index in [2.05, 4.69) is 5.32 Å². The van der Waals surface area contributed by atoms with Gasteiger partial charge in [0.05, 0.1) is 17.4 Å². The molecule has 0 heterocycles. The second-order valence-electron chi connectivity index (χ2n) is 12.8. The highest BCUT2D eigenvalue weighted by Crippen LogP contribution is 2.56. The van der Waals surface area contributed by atoms with Crippen LogP contribution in [0.5, 0.6) is 5.75 Å². The molecule has 5 atom stereocenters. The van der Waals surface area contributed by atoms with Gasteiger partial charge in [0.2, 0.25) is 5.78 Å². The van der Waals surface area contributed by atoms with Gasteiger partial charge in [-0.2, -0.15) is 0 Å². The fourth-order valence-corrected chi connectivity index (χ4v) is 7.98. The third-order valence-electron chi connectivity index (χ3n) is 10.3. The monoisotopic (exact) mass is 681 g/mol. The van der Waals surface area contributed by atoms with Gasteiger partial charge in [-0.1, -0.05) is 61.5 Å². The molecule has 7 rings (SSSR count). The first-order valence-corrected chi connectivity index (χ1v) is 15.7. The highest BCUT2D eigenvalue weighted by Gasteiger charge is 2.65. The number of hydrogen-bond donors (Lipinski definition) is 8. The molecule has 0 aliphatic heterocycles. The summed E-state index contributed by atoms with van der Waals surface area (Å²) in [7, 11) is 0. The maximum absolute atomic E-state index is 13.9. The van der Waals surface area contributed by atoms with Gasteiger partial charge in [-0.15, -0.1) is 0 Å². The van der Waals surface area contributed by atoms with Crippen molar-refractivity contribution in [1.82, 2.24) is 5.32 Å². The van der Waals surface area contributed by atoms with Crippen molar-refractivity contribution in [3.8, 4) is 16.9 Å². The summed E-state index contributed by atoms with van der Waals surface area (Å²) in [6, 6.07) is 17.0. The van der Waals surface area contributed by atoms with Crippen molar-refractivity contribution < 1.29 is 54.2 Å². The van der Waals surface area contributed by atoms with E-state index in [0.717, 1.165) is 22.3 Å². The van der Waals surface area contributed by atoms with Crippen LogP contribution >= 0.6 is 0 Å². The van der Waals surface area contributed by atoms with Gasteiger partial charge in [0, 0.05) is 29.7 Å². The average molecular weight is 682 g/mol. The summed E-state index contributed by atoms with van der Waals surface area (Å²) in [6.45, 7) is 1.51. The van der Waals surface area contributed by atoms with Crippen LogP contribution in [0.25, 0.3) is 16.9 Å². The molecule has 0 saturated heterocycles. The van der Waals surface area contributed by atoms with Gasteiger partial charge in [-0.05, 0) is 39.8 Å². The third kappa shape index (κ3) is 4.59. The van der Waals surface area contributed by atoms with Gasteiger partial charge in [-0.3, -0.25) is 14.4 Å². The van der Waals surface area contributed by atoms with Crippen molar-refractivity contribution in [2.45, 2.75) is 36.9 Å². The van der Waals surface area contributed by atoms with Gasteiger partial charge in [0.15, 0.2) is 11.4 Å². The third-order valence-corrected chi connectivity index (χ3v) is 10.3. The number of hydrogen-bond acceptors (Lipinski definition) is 11. The lowest BCUT2D eigenvalue weighted by molar-refractivity contribution is -0.160. The molecule has 9 N–H and O–H groups in total. The molecule has 3 aromatic carbocycles. The van der Waals surface area contributed by atoms with Gasteiger partial charge < -0.3 is 41.3 Å². The van der Waals surface area contributed by atoms with Gasteiger partial charge in [0.25, 0.3) is 5.91 Å². The Morgan fingerprint density at radius 2 is 1.56 bits per heavy atom. The fourth-order valence-electron chi connectivity index (χ4n) is 7.98. The predicted molar refractivity (Wildman–Crippen MR) is 175 cm³/mol. The van der Waals surface area contributed by atoms with E-state index in [-0.39, 0.29) is 29.3 Å². The first-order chi connectivity index (χ1) is 23.8. The molecule has 14 heteroatoms. The van der Waals surface area contributed by atoms with E-state index in [1.165, 1.54) is 12.1 Å². The predicted octanol–water partition coefficient (Wildman–Crippen LogP) is 3.03. The Morgan fingerprint density at radius 3 is 2.18 bits per heavy atom. The molecule has 256 valence electrons. The van der Waals surface area contributed by atoms with Crippen molar-refractivity contribution in [1.29, 1.82) is 0 Å². The van der Waals surface area contributed by atoms with E-state index in [1.54, 1.807) is 6.92 Å². The Kier molecular flexibility index (Phi) is 7.53. The molecule has 4 aliphatic rings. The van der Waals surface area contributed by atoms with Crippen molar-refractivity contribution >= 4 is 41.0 Å². The van der Waals surface area contributed by atoms with Crippen LogP contribution in [0.4, 0.5) is 15.3 Å². The van der Waals surface area contributed by atoms with Crippen LogP contribution in [0.1, 0.15) is 47.4 Å².